The van der Waals surface area contributed by atoms with Crippen LogP contribution in [-0.4, -0.2) is 26.2 Å². The number of rotatable bonds is 5. The van der Waals surface area contributed by atoms with E-state index in [1.54, 1.807) is 24.3 Å². The van der Waals surface area contributed by atoms with Gasteiger partial charge in [-0.05, 0) is 43.7 Å². The molecule has 1 aliphatic rings. The van der Waals surface area contributed by atoms with Crippen LogP contribution in [0.2, 0.25) is 0 Å². The van der Waals surface area contributed by atoms with Crippen LogP contribution in [0.1, 0.15) is 77.6 Å². The van der Waals surface area contributed by atoms with Gasteiger partial charge in [0.1, 0.15) is 6.10 Å². The molecule has 0 amide bonds. The normalized spacial score (nSPS) is 22.0. The van der Waals surface area contributed by atoms with Gasteiger partial charge in [0.2, 0.25) is 0 Å². The summed E-state index contributed by atoms with van der Waals surface area (Å²) >= 11 is 0. The molecule has 0 saturated carbocycles. The molecule has 0 spiro atoms. The first-order valence-electron chi connectivity index (χ1n) is 10.4. The summed E-state index contributed by atoms with van der Waals surface area (Å²) in [6.07, 6.45) is 10.9. The van der Waals surface area contributed by atoms with Crippen LogP contribution in [0.4, 0.5) is 0 Å². The molecule has 27 heavy (non-hydrogen) atoms. The minimum Gasteiger partial charge on any atom is -0.462 e. The van der Waals surface area contributed by atoms with Crippen molar-refractivity contribution in [1.82, 2.24) is 0 Å². The number of carbonyl (C=O) groups is 1. The zero-order chi connectivity index (χ0) is 19.5. The molecule has 4 nitrogen and oxygen atoms in total. The van der Waals surface area contributed by atoms with Gasteiger partial charge >= 0.3 is 5.97 Å². The van der Waals surface area contributed by atoms with Crippen molar-refractivity contribution in [2.45, 2.75) is 88.6 Å². The van der Waals surface area contributed by atoms with Crippen molar-refractivity contribution in [3.63, 3.8) is 0 Å². The number of esters is 1. The van der Waals surface area contributed by atoms with Crippen LogP contribution in [0.5, 0.6) is 0 Å². The first-order valence-corrected chi connectivity index (χ1v) is 12.1. The molecule has 2 atom stereocenters. The summed E-state index contributed by atoms with van der Waals surface area (Å²) in [5, 5.41) is 0. The summed E-state index contributed by atoms with van der Waals surface area (Å²) in [4.78, 5) is 12.5. The quantitative estimate of drug-likeness (QED) is 0.635. The van der Waals surface area contributed by atoms with Crippen LogP contribution in [0.25, 0.3) is 0 Å². The fourth-order valence-electron chi connectivity index (χ4n) is 3.79. The monoisotopic (exact) mass is 394 g/mol. The molecule has 1 aromatic rings. The minimum atomic E-state index is -3.31. The Kier molecular flexibility index (Phi) is 9.32. The zero-order valence-corrected chi connectivity index (χ0v) is 17.4. The number of ether oxygens (including phenoxy) is 1. The average Bonchev–Trinajstić information content (AvgIpc) is 2.64. The number of hydrogen-bond acceptors (Lipinski definition) is 4. The second-order valence-corrected chi connectivity index (χ2v) is 9.95. The fraction of sp³-hybridized carbons (Fsp3) is 0.682. The molecule has 152 valence electrons. The Bertz CT molecular complexity index is 654. The summed E-state index contributed by atoms with van der Waals surface area (Å²) in [6.45, 7) is 1.94. The van der Waals surface area contributed by atoms with Gasteiger partial charge in [0.05, 0.1) is 10.6 Å². The molecule has 2 unspecified atom stereocenters. The Morgan fingerprint density at radius 1 is 0.963 bits per heavy atom. The molecule has 1 aromatic carbocycles. The van der Waals surface area contributed by atoms with Crippen molar-refractivity contribution in [2.24, 2.45) is 5.92 Å². The molecule has 0 N–H and O–H groups in total. The molecule has 0 aliphatic carbocycles. The third kappa shape index (κ3) is 8.46. The highest BCUT2D eigenvalue weighted by Gasteiger charge is 2.23. The average molecular weight is 395 g/mol. The first kappa shape index (κ1) is 21.9. The molecular formula is C22H34O4S. The Labute approximate surface area is 164 Å². The van der Waals surface area contributed by atoms with Crippen molar-refractivity contribution in [1.29, 1.82) is 0 Å². The van der Waals surface area contributed by atoms with E-state index in [1.165, 1.54) is 25.7 Å². The Morgan fingerprint density at radius 3 is 2.22 bits per heavy atom. The lowest BCUT2D eigenvalue weighted by atomic mass is 10.00. The van der Waals surface area contributed by atoms with Gasteiger partial charge in [-0.25, -0.2) is 8.42 Å². The number of cyclic esters (lactones) is 1. The van der Waals surface area contributed by atoms with E-state index in [2.05, 4.69) is 0 Å². The number of hydrogen-bond donors (Lipinski definition) is 0. The van der Waals surface area contributed by atoms with Gasteiger partial charge in [0.15, 0.2) is 9.84 Å². The van der Waals surface area contributed by atoms with Crippen LogP contribution in [-0.2, 0) is 19.4 Å². The molecule has 0 radical (unpaired) electrons. The van der Waals surface area contributed by atoms with Crippen LogP contribution >= 0.6 is 0 Å². The minimum absolute atomic E-state index is 0.0521. The molecular weight excluding hydrogens is 360 g/mol. The third-order valence-corrected chi connectivity index (χ3v) is 7.22. The largest absolute Gasteiger partial charge is 0.462 e. The van der Waals surface area contributed by atoms with Gasteiger partial charge in [0, 0.05) is 6.42 Å². The number of sulfone groups is 1. The molecule has 0 aromatic heterocycles. The maximum atomic E-state index is 12.6. The SMILES string of the molecule is CC(CC1CCCCCCCCCCC(=O)O1)CS(=O)(=O)c1ccccc1. The summed E-state index contributed by atoms with van der Waals surface area (Å²) in [5.41, 5.74) is 0. The van der Waals surface area contributed by atoms with E-state index < -0.39 is 9.84 Å². The van der Waals surface area contributed by atoms with Gasteiger partial charge in [-0.15, -0.1) is 0 Å². The van der Waals surface area contributed by atoms with Crippen LogP contribution in [0, 0.1) is 5.92 Å². The second kappa shape index (κ2) is 11.5. The molecule has 1 heterocycles. The van der Waals surface area contributed by atoms with Crippen LogP contribution < -0.4 is 0 Å². The smallest absolute Gasteiger partial charge is 0.306 e. The van der Waals surface area contributed by atoms with Gasteiger partial charge in [0.25, 0.3) is 0 Å². The highest BCUT2D eigenvalue weighted by molar-refractivity contribution is 7.91. The Balaban J connectivity index is 1.92. The van der Waals surface area contributed by atoms with E-state index in [9.17, 15) is 13.2 Å². The van der Waals surface area contributed by atoms with Gasteiger partial charge in [-0.3, -0.25) is 4.79 Å². The maximum Gasteiger partial charge on any atom is 0.306 e. The second-order valence-electron chi connectivity index (χ2n) is 7.91. The van der Waals surface area contributed by atoms with Crippen LogP contribution in [0.15, 0.2) is 35.2 Å². The van der Waals surface area contributed by atoms with Gasteiger partial charge < -0.3 is 4.74 Å². The summed E-state index contributed by atoms with van der Waals surface area (Å²) in [6, 6.07) is 8.58. The lowest BCUT2D eigenvalue weighted by Crippen LogP contribution is -2.24. The number of carbonyl (C=O) groups excluding carboxylic acids is 1. The van der Waals surface area contributed by atoms with Crippen molar-refractivity contribution in [3.05, 3.63) is 30.3 Å². The van der Waals surface area contributed by atoms with E-state index in [-0.39, 0.29) is 23.7 Å². The molecule has 1 aliphatic heterocycles. The summed E-state index contributed by atoms with van der Waals surface area (Å²) < 4.78 is 30.9. The van der Waals surface area contributed by atoms with E-state index in [0.29, 0.717) is 17.7 Å². The van der Waals surface area contributed by atoms with E-state index in [4.69, 9.17) is 4.74 Å². The molecule has 0 bridgehead atoms. The van der Waals surface area contributed by atoms with E-state index in [1.807, 2.05) is 13.0 Å². The molecule has 1 saturated heterocycles. The summed E-state index contributed by atoms with van der Waals surface area (Å²) in [5.74, 6) is -0.0912. The van der Waals surface area contributed by atoms with E-state index in [0.717, 1.165) is 32.1 Å². The van der Waals surface area contributed by atoms with Crippen molar-refractivity contribution >= 4 is 15.8 Å². The molecule has 1 fully saturated rings. The lowest BCUT2D eigenvalue weighted by Gasteiger charge is -2.22. The zero-order valence-electron chi connectivity index (χ0n) is 16.6. The molecule has 5 heteroatoms. The number of benzene rings is 1. The third-order valence-electron chi connectivity index (χ3n) is 5.23. The lowest BCUT2D eigenvalue weighted by molar-refractivity contribution is -0.150. The summed E-state index contributed by atoms with van der Waals surface area (Å²) in [7, 11) is -3.31. The highest BCUT2D eigenvalue weighted by atomic mass is 32.2. The van der Waals surface area contributed by atoms with Gasteiger partial charge in [-0.1, -0.05) is 63.6 Å². The highest BCUT2D eigenvalue weighted by Crippen LogP contribution is 2.22. The molecule has 2 rings (SSSR count). The predicted molar refractivity (Wildman–Crippen MR) is 108 cm³/mol. The van der Waals surface area contributed by atoms with Crippen molar-refractivity contribution < 1.29 is 17.9 Å². The van der Waals surface area contributed by atoms with E-state index >= 15 is 0 Å². The van der Waals surface area contributed by atoms with Gasteiger partial charge in [-0.2, -0.15) is 0 Å². The van der Waals surface area contributed by atoms with Crippen molar-refractivity contribution in [2.75, 3.05) is 5.75 Å². The fourth-order valence-corrected chi connectivity index (χ4v) is 5.44. The first-order chi connectivity index (χ1) is 13.0. The Hall–Kier alpha value is -1.36. The standard InChI is InChI=1S/C22H34O4S/c1-19(18-27(24,25)21-14-10-8-11-15-21)17-20-13-9-6-4-2-3-5-7-12-16-22(23)26-20/h8,10-11,14-15,19-20H,2-7,9,12-13,16-18H2,1H3. The topological polar surface area (TPSA) is 60.4 Å². The predicted octanol–water partition coefficient (Wildman–Crippen LogP) is 5.31. The maximum absolute atomic E-state index is 12.6. The van der Waals surface area contributed by atoms with Crippen LogP contribution in [0.3, 0.4) is 0 Å². The van der Waals surface area contributed by atoms with Crippen molar-refractivity contribution in [3.8, 4) is 0 Å². The Morgan fingerprint density at radius 2 is 1.56 bits per heavy atom.